The summed E-state index contributed by atoms with van der Waals surface area (Å²) in [6, 6.07) is 0. The molecule has 0 saturated carbocycles. The Bertz CT molecular complexity index is 144. The third-order valence-electron chi connectivity index (χ3n) is 2.27. The summed E-state index contributed by atoms with van der Waals surface area (Å²) >= 11 is 5.49. The van der Waals surface area contributed by atoms with Crippen LogP contribution in [-0.4, -0.2) is 32.2 Å². The van der Waals surface area contributed by atoms with Gasteiger partial charge in [-0.3, -0.25) is 0 Å². The van der Waals surface area contributed by atoms with Gasteiger partial charge in [0.15, 0.2) is 0 Å². The van der Waals surface area contributed by atoms with Crippen molar-refractivity contribution < 1.29 is 4.74 Å². The molecule has 1 heterocycles. The summed E-state index contributed by atoms with van der Waals surface area (Å²) in [6.07, 6.45) is 6.50. The minimum absolute atomic E-state index is 0.609. The minimum Gasteiger partial charge on any atom is -0.381 e. The molecule has 0 aromatic carbocycles. The van der Waals surface area contributed by atoms with Gasteiger partial charge in [-0.15, -0.1) is 11.6 Å². The van der Waals surface area contributed by atoms with Gasteiger partial charge in [0.1, 0.15) is 0 Å². The zero-order chi connectivity index (χ0) is 9.36. The van der Waals surface area contributed by atoms with E-state index >= 15 is 0 Å². The Hall–Kier alpha value is -0.0500. The molecule has 13 heavy (non-hydrogen) atoms. The molecule has 1 aliphatic rings. The lowest BCUT2D eigenvalue weighted by molar-refractivity contribution is 0.184. The Balaban J connectivity index is 1.86. The van der Waals surface area contributed by atoms with Crippen LogP contribution >= 0.6 is 11.6 Å². The standard InChI is InChI=1S/C10H18ClNO/c11-5-1-2-6-12-7-3-10-4-8-13-9-10/h1-2,10,12H,3-9H2/b2-1+. The van der Waals surface area contributed by atoms with Gasteiger partial charge in [-0.1, -0.05) is 12.2 Å². The molecule has 0 radical (unpaired) electrons. The highest BCUT2D eigenvalue weighted by molar-refractivity contribution is 6.18. The molecular weight excluding hydrogens is 186 g/mol. The number of hydrogen-bond donors (Lipinski definition) is 1. The summed E-state index contributed by atoms with van der Waals surface area (Å²) < 4.78 is 5.29. The maximum absolute atomic E-state index is 5.49. The monoisotopic (exact) mass is 203 g/mol. The van der Waals surface area contributed by atoms with E-state index in [0.717, 1.165) is 32.2 Å². The topological polar surface area (TPSA) is 21.3 Å². The van der Waals surface area contributed by atoms with Crippen LogP contribution < -0.4 is 5.32 Å². The molecule has 1 atom stereocenters. The summed E-state index contributed by atoms with van der Waals surface area (Å²) in [5, 5.41) is 3.35. The van der Waals surface area contributed by atoms with Crippen LogP contribution in [0, 0.1) is 5.92 Å². The maximum Gasteiger partial charge on any atom is 0.0495 e. The van der Waals surface area contributed by atoms with Crippen molar-refractivity contribution in [3.63, 3.8) is 0 Å². The number of alkyl halides is 1. The first-order valence-electron chi connectivity index (χ1n) is 4.93. The average Bonchev–Trinajstić information content (AvgIpc) is 2.63. The van der Waals surface area contributed by atoms with Crippen molar-refractivity contribution in [2.75, 3.05) is 32.2 Å². The number of rotatable bonds is 6. The van der Waals surface area contributed by atoms with E-state index in [1.807, 2.05) is 6.08 Å². The average molecular weight is 204 g/mol. The molecule has 0 aromatic rings. The zero-order valence-corrected chi connectivity index (χ0v) is 8.72. The van der Waals surface area contributed by atoms with Crippen molar-refractivity contribution >= 4 is 11.6 Å². The number of halogens is 1. The van der Waals surface area contributed by atoms with Gasteiger partial charge in [-0.05, 0) is 25.3 Å². The number of nitrogens with one attached hydrogen (secondary N) is 1. The summed E-state index contributed by atoms with van der Waals surface area (Å²) in [7, 11) is 0. The summed E-state index contributed by atoms with van der Waals surface area (Å²) in [6.45, 7) is 3.93. The molecule has 76 valence electrons. The largest absolute Gasteiger partial charge is 0.381 e. The Morgan fingerprint density at radius 2 is 2.38 bits per heavy atom. The van der Waals surface area contributed by atoms with Crippen molar-refractivity contribution in [3.05, 3.63) is 12.2 Å². The van der Waals surface area contributed by atoms with Crippen LogP contribution in [-0.2, 0) is 4.74 Å². The Kier molecular flexibility index (Phi) is 6.25. The molecule has 0 aromatic heterocycles. The summed E-state index contributed by atoms with van der Waals surface area (Å²) in [4.78, 5) is 0. The van der Waals surface area contributed by atoms with Gasteiger partial charge < -0.3 is 10.1 Å². The highest BCUT2D eigenvalue weighted by Gasteiger charge is 2.14. The van der Waals surface area contributed by atoms with E-state index in [0.29, 0.717) is 5.88 Å². The molecule has 3 heteroatoms. The molecular formula is C10H18ClNO. The predicted molar refractivity (Wildman–Crippen MR) is 56.3 cm³/mol. The smallest absolute Gasteiger partial charge is 0.0495 e. The SMILES string of the molecule is ClC/C=C/CNCCC1CCOC1. The normalized spacial score (nSPS) is 23.0. The molecule has 1 N–H and O–H groups in total. The molecule has 0 bridgehead atoms. The fraction of sp³-hybridized carbons (Fsp3) is 0.800. The Labute approximate surface area is 85.3 Å². The first-order chi connectivity index (χ1) is 6.43. The van der Waals surface area contributed by atoms with Crippen molar-refractivity contribution in [1.82, 2.24) is 5.32 Å². The summed E-state index contributed by atoms with van der Waals surface area (Å²) in [5.41, 5.74) is 0. The number of hydrogen-bond acceptors (Lipinski definition) is 2. The molecule has 0 aliphatic carbocycles. The van der Waals surface area contributed by atoms with Gasteiger partial charge in [0.05, 0.1) is 0 Å². The Morgan fingerprint density at radius 1 is 1.46 bits per heavy atom. The molecule has 1 rings (SSSR count). The lowest BCUT2D eigenvalue weighted by Crippen LogP contribution is -2.18. The third kappa shape index (κ3) is 5.29. The van der Waals surface area contributed by atoms with E-state index in [1.54, 1.807) is 0 Å². The molecule has 1 fully saturated rings. The molecule has 0 amide bonds. The van der Waals surface area contributed by atoms with Crippen LogP contribution in [0.4, 0.5) is 0 Å². The zero-order valence-electron chi connectivity index (χ0n) is 7.97. The molecule has 1 unspecified atom stereocenters. The second kappa shape index (κ2) is 7.36. The Morgan fingerprint density at radius 3 is 3.08 bits per heavy atom. The van der Waals surface area contributed by atoms with Gasteiger partial charge in [-0.2, -0.15) is 0 Å². The molecule has 1 saturated heterocycles. The second-order valence-electron chi connectivity index (χ2n) is 3.35. The van der Waals surface area contributed by atoms with Gasteiger partial charge >= 0.3 is 0 Å². The maximum atomic E-state index is 5.49. The van der Waals surface area contributed by atoms with Crippen LogP contribution in [0.25, 0.3) is 0 Å². The van der Waals surface area contributed by atoms with Crippen LogP contribution in [0.1, 0.15) is 12.8 Å². The highest BCUT2D eigenvalue weighted by Crippen LogP contribution is 2.14. The number of ether oxygens (including phenoxy) is 1. The minimum atomic E-state index is 0.609. The lowest BCUT2D eigenvalue weighted by Gasteiger charge is -2.06. The first-order valence-corrected chi connectivity index (χ1v) is 5.46. The van der Waals surface area contributed by atoms with E-state index in [9.17, 15) is 0 Å². The van der Waals surface area contributed by atoms with Crippen molar-refractivity contribution in [2.45, 2.75) is 12.8 Å². The van der Waals surface area contributed by atoms with E-state index in [1.165, 1.54) is 12.8 Å². The second-order valence-corrected chi connectivity index (χ2v) is 3.66. The molecule has 2 nitrogen and oxygen atoms in total. The molecule has 1 aliphatic heterocycles. The molecule has 0 spiro atoms. The van der Waals surface area contributed by atoms with Crippen LogP contribution in [0.15, 0.2) is 12.2 Å². The van der Waals surface area contributed by atoms with Crippen LogP contribution in [0.3, 0.4) is 0 Å². The van der Waals surface area contributed by atoms with Crippen molar-refractivity contribution in [3.8, 4) is 0 Å². The fourth-order valence-electron chi connectivity index (χ4n) is 1.45. The number of allylic oxidation sites excluding steroid dienone is 1. The van der Waals surface area contributed by atoms with E-state index in [4.69, 9.17) is 16.3 Å². The lowest BCUT2D eigenvalue weighted by atomic mass is 10.1. The van der Waals surface area contributed by atoms with Gasteiger partial charge in [0.2, 0.25) is 0 Å². The van der Waals surface area contributed by atoms with Crippen molar-refractivity contribution in [2.24, 2.45) is 5.92 Å². The van der Waals surface area contributed by atoms with Crippen molar-refractivity contribution in [1.29, 1.82) is 0 Å². The van der Waals surface area contributed by atoms with Crippen LogP contribution in [0.2, 0.25) is 0 Å². The van der Waals surface area contributed by atoms with E-state index in [2.05, 4.69) is 11.4 Å². The van der Waals surface area contributed by atoms with Gasteiger partial charge in [-0.25, -0.2) is 0 Å². The quantitative estimate of drug-likeness (QED) is 0.404. The highest BCUT2D eigenvalue weighted by atomic mass is 35.5. The van der Waals surface area contributed by atoms with Gasteiger partial charge in [0, 0.05) is 25.6 Å². The van der Waals surface area contributed by atoms with Crippen LogP contribution in [0.5, 0.6) is 0 Å². The fourth-order valence-corrected chi connectivity index (χ4v) is 1.57. The van der Waals surface area contributed by atoms with E-state index in [-0.39, 0.29) is 0 Å². The first kappa shape index (κ1) is 11.0. The summed E-state index contributed by atoms with van der Waals surface area (Å²) in [5.74, 6) is 1.39. The van der Waals surface area contributed by atoms with Gasteiger partial charge in [0.25, 0.3) is 0 Å². The predicted octanol–water partition coefficient (Wildman–Crippen LogP) is 1.80. The van der Waals surface area contributed by atoms with E-state index < -0.39 is 0 Å². The third-order valence-corrected chi connectivity index (χ3v) is 2.45.